The number of nitrogens with zero attached hydrogens (tertiary/aromatic N) is 1. The van der Waals surface area contributed by atoms with Gasteiger partial charge in [0.05, 0.1) is 12.8 Å². The van der Waals surface area contributed by atoms with E-state index in [2.05, 4.69) is 21.7 Å². The highest BCUT2D eigenvalue weighted by molar-refractivity contribution is 5.49. The summed E-state index contributed by atoms with van der Waals surface area (Å²) in [5.41, 5.74) is 6.96. The lowest BCUT2D eigenvalue weighted by atomic mass is 9.90. The van der Waals surface area contributed by atoms with Gasteiger partial charge in [-0.05, 0) is 36.6 Å². The van der Waals surface area contributed by atoms with Crippen LogP contribution in [-0.2, 0) is 0 Å². The van der Waals surface area contributed by atoms with Gasteiger partial charge in [0.2, 0.25) is 0 Å². The second-order valence-corrected chi connectivity index (χ2v) is 7.33. The number of hydrogen-bond acceptors (Lipinski definition) is 5. The SMILES string of the molecule is C=N/C(CC=c1[nH]c(=O)/c(=C/c2ccc(OC)cc2)[nH]c1=O)=C(\N)C(C)(C)C. The predicted molar refractivity (Wildman–Crippen MR) is 113 cm³/mol. The first-order valence-corrected chi connectivity index (χ1v) is 8.80. The van der Waals surface area contributed by atoms with E-state index in [1.54, 1.807) is 43.5 Å². The number of allylic oxidation sites excluding steroid dienone is 2. The molecular weight excluding hydrogens is 356 g/mol. The third kappa shape index (κ3) is 5.09. The van der Waals surface area contributed by atoms with E-state index in [1.807, 2.05) is 20.8 Å². The number of rotatable bonds is 5. The Hall–Kier alpha value is -3.35. The minimum Gasteiger partial charge on any atom is -0.497 e. The van der Waals surface area contributed by atoms with Gasteiger partial charge in [-0.1, -0.05) is 32.9 Å². The molecule has 7 nitrogen and oxygen atoms in total. The maximum Gasteiger partial charge on any atom is 0.272 e. The van der Waals surface area contributed by atoms with E-state index in [-0.39, 0.29) is 22.5 Å². The molecule has 7 heteroatoms. The van der Waals surface area contributed by atoms with E-state index in [9.17, 15) is 9.59 Å². The van der Waals surface area contributed by atoms with Crippen LogP contribution in [0.1, 0.15) is 32.8 Å². The number of hydrogen-bond donors (Lipinski definition) is 3. The number of nitrogens with two attached hydrogens (primary N) is 1. The fraction of sp³-hybridized carbons (Fsp3) is 0.286. The number of aliphatic imine (C=N–C) groups is 1. The van der Waals surface area contributed by atoms with Crippen LogP contribution < -0.4 is 32.3 Å². The summed E-state index contributed by atoms with van der Waals surface area (Å²) in [6, 6.07) is 7.13. The number of ether oxygens (including phenoxy) is 1. The van der Waals surface area contributed by atoms with Crippen LogP contribution in [0.15, 0.2) is 50.2 Å². The molecule has 0 spiro atoms. The van der Waals surface area contributed by atoms with Gasteiger partial charge >= 0.3 is 0 Å². The van der Waals surface area contributed by atoms with Gasteiger partial charge in [-0.3, -0.25) is 14.6 Å². The van der Waals surface area contributed by atoms with Crippen molar-refractivity contribution in [1.82, 2.24) is 9.97 Å². The molecule has 0 saturated carbocycles. The maximum absolute atomic E-state index is 12.4. The normalized spacial score (nSPS) is 14.0. The Morgan fingerprint density at radius 2 is 1.71 bits per heavy atom. The molecule has 0 aliphatic carbocycles. The smallest absolute Gasteiger partial charge is 0.272 e. The van der Waals surface area contributed by atoms with Crippen molar-refractivity contribution in [3.05, 3.63) is 72.6 Å². The highest BCUT2D eigenvalue weighted by Gasteiger charge is 2.17. The third-order valence-corrected chi connectivity index (χ3v) is 4.22. The van der Waals surface area contributed by atoms with Gasteiger partial charge in [-0.25, -0.2) is 0 Å². The molecule has 0 aliphatic rings. The molecule has 4 N–H and O–H groups in total. The molecule has 0 radical (unpaired) electrons. The average Bonchev–Trinajstić information content (AvgIpc) is 2.65. The van der Waals surface area contributed by atoms with E-state index < -0.39 is 11.1 Å². The fourth-order valence-electron chi connectivity index (χ4n) is 2.50. The minimum absolute atomic E-state index is 0.153. The molecular formula is C21H26N4O3. The lowest BCUT2D eigenvalue weighted by Gasteiger charge is -2.20. The summed E-state index contributed by atoms with van der Waals surface area (Å²) in [7, 11) is 1.58. The summed E-state index contributed by atoms with van der Waals surface area (Å²) in [6.07, 6.45) is 3.46. The Kier molecular flexibility index (Phi) is 6.41. The Bertz CT molecular complexity index is 1110. The van der Waals surface area contributed by atoms with E-state index in [4.69, 9.17) is 10.5 Å². The molecule has 28 heavy (non-hydrogen) atoms. The van der Waals surface area contributed by atoms with E-state index in [0.717, 1.165) is 5.56 Å². The molecule has 0 atom stereocenters. The fourth-order valence-corrected chi connectivity index (χ4v) is 2.50. The minimum atomic E-state index is -0.405. The summed E-state index contributed by atoms with van der Waals surface area (Å²) in [4.78, 5) is 33.9. The number of nitrogens with one attached hydrogen (secondary N) is 2. The standard InChI is InChI=1S/C21H26N4O3/c1-21(2,3)18(22)15(23-4)10-11-16-19(26)25-17(20(27)24-16)12-13-6-8-14(28-5)9-7-13/h6-9,11-12H,4,10,22H2,1-3,5H3,(H,24,27)(H,25,26)/b16-11?,17-12-,18-15-. The van der Waals surface area contributed by atoms with Crippen molar-refractivity contribution in [3.63, 3.8) is 0 Å². The lowest BCUT2D eigenvalue weighted by Crippen LogP contribution is -2.46. The molecule has 1 aromatic carbocycles. The van der Waals surface area contributed by atoms with Crippen LogP contribution >= 0.6 is 0 Å². The summed E-state index contributed by atoms with van der Waals surface area (Å²) in [5.74, 6) is 0.707. The molecule has 0 fully saturated rings. The van der Waals surface area contributed by atoms with Crippen molar-refractivity contribution >= 4 is 18.9 Å². The number of H-pyrrole nitrogens is 2. The number of aromatic amines is 2. The van der Waals surface area contributed by atoms with Crippen LogP contribution in [-0.4, -0.2) is 23.8 Å². The van der Waals surface area contributed by atoms with Crippen LogP contribution in [0.2, 0.25) is 0 Å². The summed E-state index contributed by atoms with van der Waals surface area (Å²) in [5, 5.41) is 0.318. The second-order valence-electron chi connectivity index (χ2n) is 7.33. The van der Waals surface area contributed by atoms with Gasteiger partial charge in [-0.15, -0.1) is 0 Å². The van der Waals surface area contributed by atoms with Crippen molar-refractivity contribution in [1.29, 1.82) is 0 Å². The van der Waals surface area contributed by atoms with Gasteiger partial charge in [0.15, 0.2) is 0 Å². The summed E-state index contributed by atoms with van der Waals surface area (Å²) < 4.78 is 5.10. The van der Waals surface area contributed by atoms with Crippen LogP contribution in [0.25, 0.3) is 12.2 Å². The number of methoxy groups -OCH3 is 1. The Morgan fingerprint density at radius 1 is 1.14 bits per heavy atom. The maximum atomic E-state index is 12.4. The van der Waals surface area contributed by atoms with E-state index in [0.29, 0.717) is 17.1 Å². The highest BCUT2D eigenvalue weighted by atomic mass is 16.5. The summed E-state index contributed by atoms with van der Waals surface area (Å²) in [6.45, 7) is 9.43. The quantitative estimate of drug-likeness (QED) is 0.669. The van der Waals surface area contributed by atoms with Crippen molar-refractivity contribution in [2.24, 2.45) is 16.1 Å². The Balaban J connectivity index is 2.44. The van der Waals surface area contributed by atoms with Crippen molar-refractivity contribution in [2.45, 2.75) is 27.2 Å². The number of benzene rings is 1. The van der Waals surface area contributed by atoms with Gasteiger partial charge in [0, 0.05) is 17.5 Å². The van der Waals surface area contributed by atoms with Crippen molar-refractivity contribution in [2.75, 3.05) is 7.11 Å². The first-order chi connectivity index (χ1) is 13.2. The third-order valence-electron chi connectivity index (χ3n) is 4.22. The van der Waals surface area contributed by atoms with Gasteiger partial charge in [0.1, 0.15) is 16.4 Å². The largest absolute Gasteiger partial charge is 0.497 e. The molecule has 2 rings (SSSR count). The molecule has 148 valence electrons. The predicted octanol–water partition coefficient (Wildman–Crippen LogP) is 0.988. The van der Waals surface area contributed by atoms with Crippen LogP contribution in [0.4, 0.5) is 0 Å². The van der Waals surface area contributed by atoms with Crippen LogP contribution in [0.3, 0.4) is 0 Å². The zero-order valence-electron chi connectivity index (χ0n) is 16.6. The summed E-state index contributed by atoms with van der Waals surface area (Å²) >= 11 is 0. The Morgan fingerprint density at radius 3 is 2.25 bits per heavy atom. The topological polar surface area (TPSA) is 113 Å². The highest BCUT2D eigenvalue weighted by Crippen LogP contribution is 2.25. The molecule has 1 aromatic heterocycles. The molecule has 1 heterocycles. The second kappa shape index (κ2) is 8.56. The molecule has 0 amide bonds. The van der Waals surface area contributed by atoms with E-state index >= 15 is 0 Å². The molecule has 0 saturated heterocycles. The lowest BCUT2D eigenvalue weighted by molar-refractivity contribution is 0.415. The van der Waals surface area contributed by atoms with Gasteiger partial charge in [-0.2, -0.15) is 0 Å². The van der Waals surface area contributed by atoms with Gasteiger partial charge < -0.3 is 20.4 Å². The zero-order chi connectivity index (χ0) is 20.9. The zero-order valence-corrected chi connectivity index (χ0v) is 16.6. The van der Waals surface area contributed by atoms with Crippen LogP contribution in [0.5, 0.6) is 5.75 Å². The monoisotopic (exact) mass is 382 g/mol. The van der Waals surface area contributed by atoms with Gasteiger partial charge in [0.25, 0.3) is 11.1 Å². The molecule has 0 bridgehead atoms. The molecule has 0 aliphatic heterocycles. The van der Waals surface area contributed by atoms with E-state index in [1.165, 1.54) is 0 Å². The van der Waals surface area contributed by atoms with Crippen LogP contribution in [0, 0.1) is 5.41 Å². The average molecular weight is 382 g/mol. The number of aromatic nitrogens is 2. The Labute approximate surface area is 163 Å². The van der Waals surface area contributed by atoms with Crippen molar-refractivity contribution < 1.29 is 4.74 Å². The first-order valence-electron chi connectivity index (χ1n) is 8.80. The first kappa shape index (κ1) is 21.0. The molecule has 2 aromatic rings. The van der Waals surface area contributed by atoms with Crippen molar-refractivity contribution in [3.8, 4) is 5.75 Å². The molecule has 0 unspecified atom stereocenters.